The van der Waals surface area contributed by atoms with E-state index >= 15 is 0 Å². The van der Waals surface area contributed by atoms with Gasteiger partial charge in [-0.25, -0.2) is 4.98 Å². The normalized spacial score (nSPS) is 21.4. The molecule has 16 heavy (non-hydrogen) atoms. The maximum absolute atomic E-state index is 4.66. The van der Waals surface area contributed by atoms with Gasteiger partial charge in [-0.3, -0.25) is 0 Å². The van der Waals surface area contributed by atoms with Gasteiger partial charge in [0.25, 0.3) is 0 Å². The molecule has 2 aromatic rings. The first-order valence-corrected chi connectivity index (χ1v) is 6.02. The molecule has 1 aromatic carbocycles. The van der Waals surface area contributed by atoms with Gasteiger partial charge in [0.05, 0.1) is 17.1 Å². The largest absolute Gasteiger partial charge is 0.341 e. The number of hydrogen-bond donors (Lipinski definition) is 2. The summed E-state index contributed by atoms with van der Waals surface area (Å²) >= 11 is 0. The quantitative estimate of drug-likeness (QED) is 0.768. The molecule has 0 amide bonds. The average Bonchev–Trinajstić information content (AvgIpc) is 2.73. The first kappa shape index (κ1) is 9.85. The Labute approximate surface area is 95.3 Å². The van der Waals surface area contributed by atoms with E-state index in [0.717, 1.165) is 23.4 Å². The van der Waals surface area contributed by atoms with Crippen LogP contribution in [0, 0.1) is 6.92 Å². The number of nitrogens with zero attached hydrogens (tertiary/aromatic N) is 1. The zero-order valence-corrected chi connectivity index (χ0v) is 9.59. The first-order chi connectivity index (χ1) is 7.83. The molecule has 3 rings (SSSR count). The smallest absolute Gasteiger partial charge is 0.124 e. The second-order valence-corrected chi connectivity index (χ2v) is 4.65. The molecule has 3 nitrogen and oxygen atoms in total. The molecule has 1 aliphatic heterocycles. The number of rotatable bonds is 1. The molecule has 1 aliphatic rings. The van der Waals surface area contributed by atoms with Crippen LogP contribution in [0.4, 0.5) is 0 Å². The van der Waals surface area contributed by atoms with Gasteiger partial charge in [-0.2, -0.15) is 0 Å². The van der Waals surface area contributed by atoms with Gasteiger partial charge < -0.3 is 10.3 Å². The van der Waals surface area contributed by atoms with Crippen molar-refractivity contribution in [3.8, 4) is 0 Å². The van der Waals surface area contributed by atoms with E-state index in [1.54, 1.807) is 0 Å². The molecule has 0 radical (unpaired) electrons. The maximum atomic E-state index is 4.66. The summed E-state index contributed by atoms with van der Waals surface area (Å²) < 4.78 is 0. The summed E-state index contributed by atoms with van der Waals surface area (Å²) in [7, 11) is 0. The van der Waals surface area contributed by atoms with Crippen molar-refractivity contribution >= 4 is 11.0 Å². The second-order valence-electron chi connectivity index (χ2n) is 4.65. The standard InChI is InChI=1S/C13H17N3/c1-9-5-6-10-12(8-9)16-13(15-10)11-4-2-3-7-14-11/h5-6,8,11,14H,2-4,7H2,1H3,(H,15,16). The Balaban J connectivity index is 1.97. The van der Waals surface area contributed by atoms with Gasteiger partial charge in [0, 0.05) is 0 Å². The highest BCUT2D eigenvalue weighted by Gasteiger charge is 2.17. The lowest BCUT2D eigenvalue weighted by molar-refractivity contribution is 0.400. The Morgan fingerprint density at radius 3 is 3.06 bits per heavy atom. The van der Waals surface area contributed by atoms with E-state index < -0.39 is 0 Å². The summed E-state index contributed by atoms with van der Waals surface area (Å²) in [5, 5.41) is 3.52. The van der Waals surface area contributed by atoms with Gasteiger partial charge >= 0.3 is 0 Å². The van der Waals surface area contributed by atoms with Crippen LogP contribution < -0.4 is 5.32 Å². The number of imidazole rings is 1. The number of fused-ring (bicyclic) bond motifs is 1. The molecule has 1 aromatic heterocycles. The van der Waals surface area contributed by atoms with E-state index in [4.69, 9.17) is 0 Å². The summed E-state index contributed by atoms with van der Waals surface area (Å²) in [6, 6.07) is 6.78. The van der Waals surface area contributed by atoms with Crippen LogP contribution >= 0.6 is 0 Å². The number of benzene rings is 1. The predicted octanol–water partition coefficient (Wildman–Crippen LogP) is 2.69. The lowest BCUT2D eigenvalue weighted by Crippen LogP contribution is -2.27. The van der Waals surface area contributed by atoms with Crippen molar-refractivity contribution in [1.82, 2.24) is 15.3 Å². The third kappa shape index (κ3) is 1.71. The Morgan fingerprint density at radius 2 is 2.25 bits per heavy atom. The molecule has 84 valence electrons. The number of aryl methyl sites for hydroxylation is 1. The molecule has 2 heterocycles. The van der Waals surface area contributed by atoms with E-state index in [0.29, 0.717) is 6.04 Å². The van der Waals surface area contributed by atoms with Crippen molar-refractivity contribution in [3.63, 3.8) is 0 Å². The van der Waals surface area contributed by atoms with E-state index in [1.165, 1.54) is 24.8 Å². The number of piperidine rings is 1. The Bertz CT molecular complexity index is 495. The third-order valence-electron chi connectivity index (χ3n) is 3.30. The van der Waals surface area contributed by atoms with Crippen LogP contribution in [0.3, 0.4) is 0 Å². The minimum Gasteiger partial charge on any atom is -0.341 e. The monoisotopic (exact) mass is 215 g/mol. The topological polar surface area (TPSA) is 40.7 Å². The van der Waals surface area contributed by atoms with Gasteiger partial charge in [-0.1, -0.05) is 12.5 Å². The third-order valence-corrected chi connectivity index (χ3v) is 3.30. The highest BCUT2D eigenvalue weighted by atomic mass is 15.0. The van der Waals surface area contributed by atoms with Crippen molar-refractivity contribution < 1.29 is 0 Å². The summed E-state index contributed by atoms with van der Waals surface area (Å²) in [6.45, 7) is 3.22. The van der Waals surface area contributed by atoms with Crippen LogP contribution in [0.2, 0.25) is 0 Å². The fraction of sp³-hybridized carbons (Fsp3) is 0.462. The molecule has 0 aliphatic carbocycles. The van der Waals surface area contributed by atoms with Crippen molar-refractivity contribution in [3.05, 3.63) is 29.6 Å². The van der Waals surface area contributed by atoms with Crippen LogP contribution in [0.25, 0.3) is 11.0 Å². The van der Waals surface area contributed by atoms with E-state index in [1.807, 2.05) is 0 Å². The van der Waals surface area contributed by atoms with Crippen LogP contribution in [0.1, 0.15) is 36.7 Å². The molecule has 1 atom stereocenters. The molecule has 0 spiro atoms. The summed E-state index contributed by atoms with van der Waals surface area (Å²) in [5.41, 5.74) is 3.51. The number of aromatic nitrogens is 2. The van der Waals surface area contributed by atoms with Crippen LogP contribution in [-0.2, 0) is 0 Å². The summed E-state index contributed by atoms with van der Waals surface area (Å²) in [5.74, 6) is 1.10. The number of hydrogen-bond acceptors (Lipinski definition) is 2. The molecule has 2 N–H and O–H groups in total. The zero-order valence-electron chi connectivity index (χ0n) is 9.59. The van der Waals surface area contributed by atoms with E-state index in [2.05, 4.69) is 40.4 Å². The minimum atomic E-state index is 0.418. The lowest BCUT2D eigenvalue weighted by atomic mass is 10.0. The Morgan fingerprint density at radius 1 is 1.31 bits per heavy atom. The van der Waals surface area contributed by atoms with Crippen LogP contribution in [0.5, 0.6) is 0 Å². The Kier molecular flexibility index (Phi) is 2.40. The van der Waals surface area contributed by atoms with Gasteiger partial charge in [-0.15, -0.1) is 0 Å². The van der Waals surface area contributed by atoms with E-state index in [-0.39, 0.29) is 0 Å². The van der Waals surface area contributed by atoms with Crippen molar-refractivity contribution in [2.75, 3.05) is 6.54 Å². The van der Waals surface area contributed by atoms with Crippen molar-refractivity contribution in [2.45, 2.75) is 32.2 Å². The highest BCUT2D eigenvalue weighted by Crippen LogP contribution is 2.23. The van der Waals surface area contributed by atoms with Crippen molar-refractivity contribution in [2.24, 2.45) is 0 Å². The molecule has 1 fully saturated rings. The fourth-order valence-electron chi connectivity index (χ4n) is 2.39. The number of H-pyrrole nitrogens is 1. The van der Waals surface area contributed by atoms with Gasteiger partial charge in [0.15, 0.2) is 0 Å². The minimum absolute atomic E-state index is 0.418. The first-order valence-electron chi connectivity index (χ1n) is 6.02. The molecular weight excluding hydrogens is 198 g/mol. The number of nitrogens with one attached hydrogen (secondary N) is 2. The highest BCUT2D eigenvalue weighted by molar-refractivity contribution is 5.75. The molecule has 3 heteroatoms. The van der Waals surface area contributed by atoms with Gasteiger partial charge in [0.1, 0.15) is 5.82 Å². The molecule has 0 saturated carbocycles. The molecule has 1 unspecified atom stereocenters. The second kappa shape index (κ2) is 3.91. The zero-order chi connectivity index (χ0) is 11.0. The van der Waals surface area contributed by atoms with Crippen LogP contribution in [0.15, 0.2) is 18.2 Å². The molecule has 0 bridgehead atoms. The lowest BCUT2D eigenvalue weighted by Gasteiger charge is -2.21. The van der Waals surface area contributed by atoms with Crippen LogP contribution in [-0.4, -0.2) is 16.5 Å². The molecular formula is C13H17N3. The summed E-state index contributed by atoms with van der Waals surface area (Å²) in [4.78, 5) is 8.09. The van der Waals surface area contributed by atoms with Gasteiger partial charge in [0.2, 0.25) is 0 Å². The Hall–Kier alpha value is -1.35. The maximum Gasteiger partial charge on any atom is 0.124 e. The average molecular weight is 215 g/mol. The van der Waals surface area contributed by atoms with Crippen molar-refractivity contribution in [1.29, 1.82) is 0 Å². The molecule has 1 saturated heterocycles. The predicted molar refractivity (Wildman–Crippen MR) is 65.4 cm³/mol. The number of aromatic amines is 1. The SMILES string of the molecule is Cc1ccc2nc(C3CCCCN3)[nH]c2c1. The fourth-order valence-corrected chi connectivity index (χ4v) is 2.39. The van der Waals surface area contributed by atoms with Gasteiger partial charge in [-0.05, 0) is 44.0 Å². The summed E-state index contributed by atoms with van der Waals surface area (Å²) in [6.07, 6.45) is 3.78. The van der Waals surface area contributed by atoms with E-state index in [9.17, 15) is 0 Å².